The van der Waals surface area contributed by atoms with Crippen LogP contribution in [0.15, 0.2) is 18.2 Å². The quantitative estimate of drug-likeness (QED) is 0.698. The highest BCUT2D eigenvalue weighted by Gasteiger charge is 2.05. The van der Waals surface area contributed by atoms with Gasteiger partial charge in [-0.05, 0) is 17.7 Å². The molecule has 0 radical (unpaired) electrons. The van der Waals surface area contributed by atoms with Gasteiger partial charge < -0.3 is 14.9 Å². The van der Waals surface area contributed by atoms with Gasteiger partial charge in [-0.1, -0.05) is 6.07 Å². The Kier molecular flexibility index (Phi) is 2.74. The van der Waals surface area contributed by atoms with Gasteiger partial charge in [-0.15, -0.1) is 0 Å². The molecule has 2 N–H and O–H groups in total. The zero-order valence-electron chi connectivity index (χ0n) is 7.15. The van der Waals surface area contributed by atoms with E-state index >= 15 is 0 Å². The first-order valence-electron chi connectivity index (χ1n) is 3.71. The van der Waals surface area contributed by atoms with E-state index in [1.165, 1.54) is 19.2 Å². The van der Waals surface area contributed by atoms with Gasteiger partial charge in [0.05, 0.1) is 13.5 Å². The normalized spacial score (nSPS) is 9.62. The molecule has 1 rings (SSSR count). The van der Waals surface area contributed by atoms with Gasteiger partial charge in [-0.25, -0.2) is 0 Å². The molecule has 0 aliphatic carbocycles. The smallest absolute Gasteiger partial charge is 0.307 e. The maximum atomic E-state index is 10.3. The summed E-state index contributed by atoms with van der Waals surface area (Å²) in [6, 6.07) is 4.46. The third-order valence-corrected chi connectivity index (χ3v) is 1.60. The fourth-order valence-electron chi connectivity index (χ4n) is 1.01. The van der Waals surface area contributed by atoms with Gasteiger partial charge in [0.25, 0.3) is 0 Å². The van der Waals surface area contributed by atoms with Gasteiger partial charge in [0.2, 0.25) is 0 Å². The number of rotatable bonds is 3. The standard InChI is InChI=1S/C9H10O4/c1-13-8-4-6(5-9(11)12)2-3-7(8)10/h2-4,10H,5H2,1H3,(H,11,12)/i2+1,3+1,4+1,6+1,7+1,8+1,10+2. The predicted octanol–water partition coefficient (Wildman–Crippen LogP) is 1.03. The van der Waals surface area contributed by atoms with E-state index in [4.69, 9.17) is 9.84 Å². The van der Waals surface area contributed by atoms with Crippen molar-refractivity contribution in [2.75, 3.05) is 7.11 Å². The van der Waals surface area contributed by atoms with Crippen molar-refractivity contribution in [2.45, 2.75) is 6.42 Å². The fourth-order valence-corrected chi connectivity index (χ4v) is 1.01. The lowest BCUT2D eigenvalue weighted by Gasteiger charge is -2.04. The van der Waals surface area contributed by atoms with Gasteiger partial charge in [0.15, 0.2) is 11.5 Å². The molecular weight excluding hydrogens is 180 g/mol. The molecule has 0 aliphatic heterocycles. The molecule has 0 heterocycles. The van der Waals surface area contributed by atoms with Crippen LogP contribution >= 0.6 is 0 Å². The monoisotopic (exact) mass is 190 g/mol. The Bertz CT molecular complexity index is 319. The minimum absolute atomic E-state index is 0.0108. The van der Waals surface area contributed by atoms with Crippen molar-refractivity contribution in [3.8, 4) is 11.5 Å². The summed E-state index contributed by atoms with van der Waals surface area (Å²) in [4.78, 5) is 10.3. The number of methoxy groups -OCH3 is 1. The number of carboxylic acids is 1. The van der Waals surface area contributed by atoms with E-state index in [0.29, 0.717) is 11.3 Å². The molecule has 1 aromatic rings. The molecule has 0 saturated carbocycles. The fraction of sp³-hybridized carbons (Fsp3) is 0.222. The van der Waals surface area contributed by atoms with E-state index in [-0.39, 0.29) is 12.2 Å². The van der Waals surface area contributed by atoms with Gasteiger partial charge in [-0.3, -0.25) is 4.79 Å². The molecule has 70 valence electrons. The Morgan fingerprint density at radius 1 is 1.62 bits per heavy atom. The Morgan fingerprint density at radius 3 is 2.85 bits per heavy atom. The topological polar surface area (TPSA) is 66.8 Å². The molecule has 0 saturated heterocycles. The van der Waals surface area contributed by atoms with Crippen LogP contribution < -0.4 is 4.74 Å². The summed E-state index contributed by atoms with van der Waals surface area (Å²) in [6.07, 6.45) is -0.0728. The number of benzene rings is 1. The number of carbonyl (C=O) groups is 1. The van der Waals surface area contributed by atoms with E-state index in [9.17, 15) is 9.90 Å². The van der Waals surface area contributed by atoms with Gasteiger partial charge in [0.1, 0.15) is 0 Å². The third kappa shape index (κ3) is 2.37. The molecule has 0 spiro atoms. The van der Waals surface area contributed by atoms with Crippen LogP contribution in [0.5, 0.6) is 11.5 Å². The molecule has 0 amide bonds. The lowest BCUT2D eigenvalue weighted by atomic mass is 10.6. The number of phenolic OH excluding ortho intramolecular Hbond substituents is 1. The first kappa shape index (κ1) is 9.38. The van der Waals surface area contributed by atoms with E-state index < -0.39 is 5.97 Å². The van der Waals surface area contributed by atoms with Crippen molar-refractivity contribution in [2.24, 2.45) is 0 Å². The molecule has 1 aromatic carbocycles. The van der Waals surface area contributed by atoms with Crippen molar-refractivity contribution >= 4 is 5.97 Å². The molecule has 0 atom stereocenters. The van der Waals surface area contributed by atoms with Crippen LogP contribution in [-0.4, -0.2) is 23.3 Å². The average Bonchev–Trinajstić information content (AvgIpc) is 2.07. The maximum absolute atomic E-state index is 10.3. The van der Waals surface area contributed by atoms with Crippen LogP contribution in [0.4, 0.5) is 0 Å². The first-order chi connectivity index (χ1) is 6.13. The summed E-state index contributed by atoms with van der Waals surface area (Å²) >= 11 is 0. The number of hydrogen-bond acceptors (Lipinski definition) is 3. The number of hydrogen-bond donors (Lipinski definition) is 2. The molecule has 0 bridgehead atoms. The summed E-state index contributed by atoms with van der Waals surface area (Å²) in [6.45, 7) is 0. The third-order valence-electron chi connectivity index (χ3n) is 1.60. The molecule has 4 nitrogen and oxygen atoms in total. The van der Waals surface area contributed by atoms with Gasteiger partial charge >= 0.3 is 5.97 Å². The molecule has 0 fully saturated rings. The Balaban J connectivity index is 2.92. The molecule has 0 aromatic heterocycles. The molecular formula is C9H10O4. The van der Waals surface area contributed by atoms with Crippen molar-refractivity contribution < 1.29 is 19.7 Å². The lowest BCUT2D eigenvalue weighted by molar-refractivity contribution is -0.136. The number of carboxylic acid groups (broad SMARTS) is 1. The Morgan fingerprint density at radius 2 is 2.31 bits per heavy atom. The van der Waals surface area contributed by atoms with E-state index in [1.54, 1.807) is 6.07 Å². The van der Waals surface area contributed by atoms with Crippen LogP contribution in [0.2, 0.25) is 0 Å². The van der Waals surface area contributed by atoms with E-state index in [1.807, 2.05) is 0 Å². The average molecular weight is 190 g/mol. The highest BCUT2D eigenvalue weighted by molar-refractivity contribution is 5.70. The second-order valence-corrected chi connectivity index (χ2v) is 2.58. The number of aliphatic carboxylic acids is 1. The van der Waals surface area contributed by atoms with Crippen molar-refractivity contribution in [1.82, 2.24) is 0 Å². The Hall–Kier alpha value is -1.71. The maximum Gasteiger partial charge on any atom is 0.307 e. The first-order valence-corrected chi connectivity index (χ1v) is 3.71. The van der Waals surface area contributed by atoms with Crippen molar-refractivity contribution in [1.29, 1.82) is 0 Å². The second kappa shape index (κ2) is 3.80. The zero-order chi connectivity index (χ0) is 9.84. The van der Waals surface area contributed by atoms with Gasteiger partial charge in [0, 0.05) is 0 Å². The van der Waals surface area contributed by atoms with Gasteiger partial charge in [-0.2, -0.15) is 0 Å². The van der Waals surface area contributed by atoms with Crippen LogP contribution in [0.1, 0.15) is 5.56 Å². The van der Waals surface area contributed by atoms with Crippen LogP contribution in [0, 0.1) is 0 Å². The summed E-state index contributed by atoms with van der Waals surface area (Å²) in [7, 11) is 1.42. The summed E-state index contributed by atoms with van der Waals surface area (Å²) in [5, 5.41) is 17.7. The van der Waals surface area contributed by atoms with Crippen LogP contribution in [-0.2, 0) is 11.2 Å². The molecule has 0 aliphatic rings. The van der Waals surface area contributed by atoms with Crippen molar-refractivity contribution in [3.05, 3.63) is 23.8 Å². The number of phenols is 1. The molecule has 4 heteroatoms. The number of ether oxygens (including phenoxy) is 1. The lowest BCUT2D eigenvalue weighted by Crippen LogP contribution is -2.00. The minimum atomic E-state index is -0.909. The highest BCUT2D eigenvalue weighted by atomic mass is 18.2. The van der Waals surface area contributed by atoms with E-state index in [0.717, 1.165) is 0 Å². The van der Waals surface area contributed by atoms with Crippen LogP contribution in [0.25, 0.3) is 0 Å². The highest BCUT2D eigenvalue weighted by Crippen LogP contribution is 2.26. The molecule has 13 heavy (non-hydrogen) atoms. The van der Waals surface area contributed by atoms with E-state index in [2.05, 4.69) is 0 Å². The molecule has 0 unspecified atom stereocenters. The summed E-state index contributed by atoms with van der Waals surface area (Å²) in [5.41, 5.74) is 0.599. The second-order valence-electron chi connectivity index (χ2n) is 2.58. The number of aromatic hydroxyl groups is 1. The Labute approximate surface area is 75.4 Å². The van der Waals surface area contributed by atoms with Crippen molar-refractivity contribution in [3.63, 3.8) is 0 Å². The predicted molar refractivity (Wildman–Crippen MR) is 46.0 cm³/mol. The minimum Gasteiger partial charge on any atom is -0.504 e. The SMILES string of the molecule is CO[13c]1[13cH][13c](CC(=O)O)[13cH][13cH][13c]1[18OH]. The van der Waals surface area contributed by atoms with Crippen LogP contribution in [0.3, 0.4) is 0 Å². The summed E-state index contributed by atoms with van der Waals surface area (Å²) in [5.74, 6) is -0.608. The zero-order valence-corrected chi connectivity index (χ0v) is 7.15. The summed E-state index contributed by atoms with van der Waals surface area (Å²) < 4.78 is 4.82. The largest absolute Gasteiger partial charge is 0.504 e.